The van der Waals surface area contributed by atoms with Crippen LogP contribution < -0.4 is 4.90 Å². The number of piperazine rings is 1. The Bertz CT molecular complexity index is 943. The Hall–Kier alpha value is -2.38. The van der Waals surface area contributed by atoms with E-state index in [1.807, 2.05) is 12.1 Å². The number of nitrogens with zero attached hydrogens (tertiary/aromatic N) is 3. The zero-order chi connectivity index (χ0) is 20.7. The molecule has 0 spiro atoms. The van der Waals surface area contributed by atoms with Gasteiger partial charge in [0.05, 0.1) is 5.56 Å². The van der Waals surface area contributed by atoms with Crippen molar-refractivity contribution >= 4 is 5.69 Å². The molecule has 0 amide bonds. The molecule has 0 bridgehead atoms. The summed E-state index contributed by atoms with van der Waals surface area (Å²) < 4.78 is 14.0. The molecule has 3 nitrogen and oxygen atoms in total. The quantitative estimate of drug-likeness (QED) is 0.714. The Kier molecular flexibility index (Phi) is 5.25. The summed E-state index contributed by atoms with van der Waals surface area (Å²) in [5.41, 5.74) is 4.05. The van der Waals surface area contributed by atoms with Crippen LogP contribution in [0.3, 0.4) is 0 Å². The summed E-state index contributed by atoms with van der Waals surface area (Å²) in [4.78, 5) is 4.93. The maximum atomic E-state index is 14.0. The zero-order valence-electron chi connectivity index (χ0n) is 17.7. The molecule has 0 aromatic heterocycles. The second kappa shape index (κ2) is 8.04. The molecule has 2 aromatic carbocycles. The Morgan fingerprint density at radius 3 is 2.27 bits per heavy atom. The number of rotatable bonds is 3. The van der Waals surface area contributed by atoms with Gasteiger partial charge in [-0.2, -0.15) is 5.26 Å². The molecule has 2 aromatic rings. The van der Waals surface area contributed by atoms with Gasteiger partial charge in [-0.1, -0.05) is 24.3 Å². The second-order valence-corrected chi connectivity index (χ2v) is 9.47. The minimum atomic E-state index is -0.413. The molecule has 5 rings (SSSR count). The van der Waals surface area contributed by atoms with Crippen molar-refractivity contribution in [3.8, 4) is 6.07 Å². The van der Waals surface area contributed by atoms with Crippen molar-refractivity contribution in [1.82, 2.24) is 4.90 Å². The van der Waals surface area contributed by atoms with Crippen LogP contribution in [0.5, 0.6) is 0 Å². The van der Waals surface area contributed by atoms with Crippen molar-refractivity contribution in [3.63, 3.8) is 0 Å². The van der Waals surface area contributed by atoms with E-state index < -0.39 is 5.82 Å². The lowest BCUT2D eigenvalue weighted by Gasteiger charge is -2.39. The molecule has 3 fully saturated rings. The average molecular weight is 404 g/mol. The Morgan fingerprint density at radius 1 is 0.933 bits per heavy atom. The lowest BCUT2D eigenvalue weighted by atomic mass is 9.90. The van der Waals surface area contributed by atoms with E-state index in [0.717, 1.165) is 55.7 Å². The van der Waals surface area contributed by atoms with Crippen LogP contribution in [0, 0.1) is 35.9 Å². The highest BCUT2D eigenvalue weighted by Gasteiger charge is 2.44. The van der Waals surface area contributed by atoms with Gasteiger partial charge in [0.1, 0.15) is 11.9 Å². The summed E-state index contributed by atoms with van der Waals surface area (Å²) in [7, 11) is 0. The van der Waals surface area contributed by atoms with Crippen molar-refractivity contribution in [3.05, 3.63) is 65.0 Å². The van der Waals surface area contributed by atoms with Crippen molar-refractivity contribution in [1.29, 1.82) is 5.26 Å². The molecule has 2 aliphatic carbocycles. The highest BCUT2D eigenvalue weighted by molar-refractivity contribution is 5.50. The molecular weight excluding hydrogens is 373 g/mol. The fourth-order valence-electron chi connectivity index (χ4n) is 6.32. The van der Waals surface area contributed by atoms with E-state index in [1.165, 1.54) is 37.3 Å². The fourth-order valence-corrected chi connectivity index (χ4v) is 6.32. The van der Waals surface area contributed by atoms with Crippen LogP contribution in [0.25, 0.3) is 0 Å². The topological polar surface area (TPSA) is 30.3 Å². The highest BCUT2D eigenvalue weighted by Crippen LogP contribution is 2.52. The minimum absolute atomic E-state index is 0.124. The summed E-state index contributed by atoms with van der Waals surface area (Å²) in [5.74, 6) is 2.10. The lowest BCUT2D eigenvalue weighted by Crippen LogP contribution is -2.50. The Labute approximate surface area is 179 Å². The van der Waals surface area contributed by atoms with E-state index in [-0.39, 0.29) is 5.56 Å². The van der Waals surface area contributed by atoms with Gasteiger partial charge in [-0.3, -0.25) is 4.90 Å². The summed E-state index contributed by atoms with van der Waals surface area (Å²) >= 11 is 0. The number of benzene rings is 2. The molecule has 30 heavy (non-hydrogen) atoms. The predicted octanol–water partition coefficient (Wildman–Crippen LogP) is 5.10. The van der Waals surface area contributed by atoms with Gasteiger partial charge >= 0.3 is 0 Å². The first kappa shape index (κ1) is 19.6. The van der Waals surface area contributed by atoms with Crippen molar-refractivity contribution in [2.24, 2.45) is 11.8 Å². The number of hydrogen-bond acceptors (Lipinski definition) is 3. The van der Waals surface area contributed by atoms with Crippen LogP contribution in [-0.4, -0.2) is 37.1 Å². The third-order valence-electron chi connectivity index (χ3n) is 7.89. The van der Waals surface area contributed by atoms with Crippen molar-refractivity contribution in [2.45, 2.75) is 44.6 Å². The van der Waals surface area contributed by atoms with Crippen LogP contribution in [-0.2, 0) is 0 Å². The highest BCUT2D eigenvalue weighted by atomic mass is 19.1. The molecule has 0 radical (unpaired) electrons. The predicted molar refractivity (Wildman–Crippen MR) is 118 cm³/mol. The molecule has 2 atom stereocenters. The van der Waals surface area contributed by atoms with Gasteiger partial charge in [-0.15, -0.1) is 0 Å². The van der Waals surface area contributed by atoms with Crippen molar-refractivity contribution < 1.29 is 4.39 Å². The fraction of sp³-hybridized carbons (Fsp3) is 0.500. The summed E-state index contributed by atoms with van der Waals surface area (Å²) in [6, 6.07) is 16.5. The van der Waals surface area contributed by atoms with E-state index >= 15 is 0 Å². The van der Waals surface area contributed by atoms with Crippen molar-refractivity contribution in [2.75, 3.05) is 31.1 Å². The van der Waals surface area contributed by atoms with Gasteiger partial charge < -0.3 is 4.90 Å². The first-order valence-electron chi connectivity index (χ1n) is 11.4. The molecule has 2 saturated carbocycles. The SMILES string of the molecule is Cc1ccccc1C1CC2CC(N3CCN(c4ccc(C#N)c(F)c4)CC3)CC2C1. The number of halogens is 1. The standard InChI is InChI=1S/C26H30FN3/c1-18-4-2-3-5-25(18)22-12-20-14-24(15-21(20)13-22)30-10-8-29(9-11-30)23-7-6-19(17-28)26(27)16-23/h2-7,16,20-22,24H,8-15H2,1H3. The summed E-state index contributed by atoms with van der Waals surface area (Å²) in [6.07, 6.45) is 5.41. The first-order chi connectivity index (χ1) is 14.6. The van der Waals surface area contributed by atoms with Gasteiger partial charge in [-0.05, 0) is 79.7 Å². The first-order valence-corrected chi connectivity index (χ1v) is 11.4. The van der Waals surface area contributed by atoms with Gasteiger partial charge in [0, 0.05) is 37.9 Å². The Morgan fingerprint density at radius 2 is 1.63 bits per heavy atom. The van der Waals surface area contributed by atoms with Crippen LogP contribution in [0.2, 0.25) is 0 Å². The van der Waals surface area contributed by atoms with Gasteiger partial charge in [0.15, 0.2) is 0 Å². The molecule has 2 unspecified atom stereocenters. The van der Waals surface area contributed by atoms with Crippen LogP contribution in [0.15, 0.2) is 42.5 Å². The third-order valence-corrected chi connectivity index (χ3v) is 7.89. The third kappa shape index (κ3) is 3.61. The largest absolute Gasteiger partial charge is 0.369 e. The number of anilines is 1. The number of nitriles is 1. The molecule has 4 heteroatoms. The molecule has 1 heterocycles. The smallest absolute Gasteiger partial charge is 0.143 e. The molecule has 0 N–H and O–H groups in total. The van der Waals surface area contributed by atoms with E-state index in [1.54, 1.807) is 11.6 Å². The van der Waals surface area contributed by atoms with Gasteiger partial charge in [0.2, 0.25) is 0 Å². The lowest BCUT2D eigenvalue weighted by molar-refractivity contribution is 0.179. The summed E-state index contributed by atoms with van der Waals surface area (Å²) in [5, 5.41) is 8.93. The minimum Gasteiger partial charge on any atom is -0.369 e. The zero-order valence-corrected chi connectivity index (χ0v) is 17.7. The normalized spacial score (nSPS) is 29.0. The maximum Gasteiger partial charge on any atom is 0.143 e. The summed E-state index contributed by atoms with van der Waals surface area (Å²) in [6.45, 7) is 6.22. The second-order valence-electron chi connectivity index (χ2n) is 9.47. The van der Waals surface area contributed by atoms with Gasteiger partial charge in [-0.25, -0.2) is 4.39 Å². The van der Waals surface area contributed by atoms with Crippen LogP contribution in [0.4, 0.5) is 10.1 Å². The molecule has 1 saturated heterocycles. The van der Waals surface area contributed by atoms with Crippen LogP contribution >= 0.6 is 0 Å². The average Bonchev–Trinajstić information content (AvgIpc) is 3.33. The molecule has 1 aliphatic heterocycles. The molecule has 3 aliphatic rings. The maximum absolute atomic E-state index is 14.0. The number of aryl methyl sites for hydroxylation is 1. The van der Waals surface area contributed by atoms with Crippen LogP contribution in [0.1, 0.15) is 48.3 Å². The van der Waals surface area contributed by atoms with E-state index in [2.05, 4.69) is 41.0 Å². The van der Waals surface area contributed by atoms with E-state index in [0.29, 0.717) is 0 Å². The van der Waals surface area contributed by atoms with E-state index in [9.17, 15) is 4.39 Å². The van der Waals surface area contributed by atoms with Gasteiger partial charge in [0.25, 0.3) is 0 Å². The Balaban J connectivity index is 1.16. The van der Waals surface area contributed by atoms with E-state index in [4.69, 9.17) is 5.26 Å². The monoisotopic (exact) mass is 403 g/mol. The molecular formula is C26H30FN3. The molecule has 156 valence electrons. The number of hydrogen-bond donors (Lipinski definition) is 0. The number of fused-ring (bicyclic) bond motifs is 1.